The van der Waals surface area contributed by atoms with Gasteiger partial charge in [-0.25, -0.2) is 4.79 Å². The molecule has 0 spiro atoms. The van der Waals surface area contributed by atoms with E-state index in [1.165, 1.54) is 0 Å². The molecule has 114 valence electrons. The molecule has 0 unspecified atom stereocenters. The molecule has 0 fully saturated rings. The summed E-state index contributed by atoms with van der Waals surface area (Å²) in [6.45, 7) is 0.119. The number of benzene rings is 2. The van der Waals surface area contributed by atoms with Gasteiger partial charge in [0.05, 0.1) is 0 Å². The highest BCUT2D eigenvalue weighted by Gasteiger charge is 2.05. The summed E-state index contributed by atoms with van der Waals surface area (Å²) in [6.07, 6.45) is 2.11. The van der Waals surface area contributed by atoms with Crippen LogP contribution < -0.4 is 4.74 Å². The van der Waals surface area contributed by atoms with E-state index in [2.05, 4.69) is 0 Å². The standard InChI is InChI=1S/C18H18O4/c19-12-4-7-15-8-10-17(11-9-15)21-14-18(20)22-13-16-5-2-1-3-6-16/h1-3,5-6,8-12H,4,7,13-14H2. The van der Waals surface area contributed by atoms with E-state index >= 15 is 0 Å². The molecule has 0 aliphatic heterocycles. The first-order valence-electron chi connectivity index (χ1n) is 7.13. The Hall–Kier alpha value is -2.62. The highest BCUT2D eigenvalue weighted by molar-refractivity contribution is 5.71. The van der Waals surface area contributed by atoms with Crippen molar-refractivity contribution in [2.24, 2.45) is 0 Å². The normalized spacial score (nSPS) is 10.0. The van der Waals surface area contributed by atoms with Gasteiger partial charge in [-0.3, -0.25) is 0 Å². The van der Waals surface area contributed by atoms with E-state index in [1.807, 2.05) is 42.5 Å². The van der Waals surface area contributed by atoms with Crippen molar-refractivity contribution in [1.82, 2.24) is 0 Å². The molecular formula is C18H18O4. The summed E-state index contributed by atoms with van der Waals surface area (Å²) in [5, 5.41) is 0. The molecule has 0 amide bonds. The van der Waals surface area contributed by atoms with Crippen LogP contribution in [0.15, 0.2) is 54.6 Å². The van der Waals surface area contributed by atoms with E-state index in [-0.39, 0.29) is 13.2 Å². The van der Waals surface area contributed by atoms with Gasteiger partial charge in [0.2, 0.25) is 0 Å². The number of rotatable bonds is 8. The molecule has 2 aromatic carbocycles. The fourth-order valence-corrected chi connectivity index (χ4v) is 1.90. The molecule has 0 aliphatic rings. The summed E-state index contributed by atoms with van der Waals surface area (Å²) in [7, 11) is 0. The zero-order valence-electron chi connectivity index (χ0n) is 12.2. The van der Waals surface area contributed by atoms with Crippen LogP contribution in [0.3, 0.4) is 0 Å². The van der Waals surface area contributed by atoms with Crippen molar-refractivity contribution < 1.29 is 19.1 Å². The van der Waals surface area contributed by atoms with Crippen LogP contribution in [0.5, 0.6) is 5.75 Å². The van der Waals surface area contributed by atoms with Crippen molar-refractivity contribution in [2.45, 2.75) is 19.4 Å². The molecule has 0 N–H and O–H groups in total. The predicted molar refractivity (Wildman–Crippen MR) is 82.6 cm³/mol. The Morgan fingerprint density at radius 3 is 2.36 bits per heavy atom. The highest BCUT2D eigenvalue weighted by atomic mass is 16.6. The van der Waals surface area contributed by atoms with E-state index in [4.69, 9.17) is 9.47 Å². The van der Waals surface area contributed by atoms with Gasteiger partial charge >= 0.3 is 5.97 Å². The third kappa shape index (κ3) is 5.40. The lowest BCUT2D eigenvalue weighted by Gasteiger charge is -2.07. The summed E-state index contributed by atoms with van der Waals surface area (Å²) in [5.41, 5.74) is 2.00. The van der Waals surface area contributed by atoms with Crippen molar-refractivity contribution in [3.8, 4) is 5.75 Å². The Morgan fingerprint density at radius 2 is 1.68 bits per heavy atom. The van der Waals surface area contributed by atoms with Crippen LogP contribution in [0.1, 0.15) is 17.5 Å². The molecule has 22 heavy (non-hydrogen) atoms. The second-order valence-corrected chi connectivity index (χ2v) is 4.78. The largest absolute Gasteiger partial charge is 0.482 e. The first-order valence-corrected chi connectivity index (χ1v) is 7.13. The van der Waals surface area contributed by atoms with Gasteiger partial charge < -0.3 is 14.3 Å². The van der Waals surface area contributed by atoms with Gasteiger partial charge in [-0.1, -0.05) is 42.5 Å². The third-order valence-electron chi connectivity index (χ3n) is 3.07. The van der Waals surface area contributed by atoms with Crippen molar-refractivity contribution in [2.75, 3.05) is 6.61 Å². The Bertz CT molecular complexity index is 590. The third-order valence-corrected chi connectivity index (χ3v) is 3.07. The molecule has 0 heterocycles. The second-order valence-electron chi connectivity index (χ2n) is 4.78. The maximum absolute atomic E-state index is 11.6. The fraction of sp³-hybridized carbons (Fsp3) is 0.222. The maximum Gasteiger partial charge on any atom is 0.344 e. The number of carbonyl (C=O) groups is 2. The van der Waals surface area contributed by atoms with Crippen molar-refractivity contribution in [1.29, 1.82) is 0 Å². The van der Waals surface area contributed by atoms with Crippen molar-refractivity contribution in [3.05, 3.63) is 65.7 Å². The summed E-state index contributed by atoms with van der Waals surface area (Å²) >= 11 is 0. The summed E-state index contributed by atoms with van der Waals surface area (Å²) in [4.78, 5) is 21.9. The monoisotopic (exact) mass is 298 g/mol. The van der Waals surface area contributed by atoms with Crippen molar-refractivity contribution in [3.63, 3.8) is 0 Å². The van der Waals surface area contributed by atoms with E-state index in [0.29, 0.717) is 18.6 Å². The van der Waals surface area contributed by atoms with Gasteiger partial charge in [-0.2, -0.15) is 0 Å². The predicted octanol–water partition coefficient (Wildman–Crippen LogP) is 2.94. The van der Waals surface area contributed by atoms with Crippen LogP contribution in [-0.4, -0.2) is 18.9 Å². The maximum atomic E-state index is 11.6. The molecule has 0 atom stereocenters. The number of esters is 1. The molecule has 0 saturated heterocycles. The molecule has 0 aromatic heterocycles. The van der Waals surface area contributed by atoms with E-state index in [0.717, 1.165) is 17.4 Å². The van der Waals surface area contributed by atoms with Gasteiger partial charge in [0.15, 0.2) is 6.61 Å². The Morgan fingerprint density at radius 1 is 0.955 bits per heavy atom. The van der Waals surface area contributed by atoms with Gasteiger partial charge in [-0.15, -0.1) is 0 Å². The topological polar surface area (TPSA) is 52.6 Å². The van der Waals surface area contributed by atoms with E-state index < -0.39 is 5.97 Å². The van der Waals surface area contributed by atoms with Gasteiger partial charge in [0, 0.05) is 6.42 Å². The molecule has 0 radical (unpaired) electrons. The van der Waals surface area contributed by atoms with Crippen LogP contribution >= 0.6 is 0 Å². The molecule has 4 nitrogen and oxygen atoms in total. The first kappa shape index (κ1) is 15.8. The lowest BCUT2D eigenvalue weighted by atomic mass is 10.1. The average Bonchev–Trinajstić information content (AvgIpc) is 2.58. The number of hydrogen-bond acceptors (Lipinski definition) is 4. The SMILES string of the molecule is O=CCCc1ccc(OCC(=O)OCc2ccccc2)cc1. The van der Waals surface area contributed by atoms with Gasteiger partial charge in [-0.05, 0) is 29.7 Å². The molecule has 2 aromatic rings. The molecule has 0 saturated carbocycles. The van der Waals surface area contributed by atoms with Crippen molar-refractivity contribution >= 4 is 12.3 Å². The number of hydrogen-bond donors (Lipinski definition) is 0. The quantitative estimate of drug-likeness (QED) is 0.555. The number of ether oxygens (including phenoxy) is 2. The Kier molecular flexibility index (Phi) is 6.18. The summed E-state index contributed by atoms with van der Waals surface area (Å²) < 4.78 is 10.5. The molecule has 0 bridgehead atoms. The van der Waals surface area contributed by atoms with Crippen LogP contribution in [-0.2, 0) is 27.4 Å². The average molecular weight is 298 g/mol. The van der Waals surface area contributed by atoms with E-state index in [9.17, 15) is 9.59 Å². The second kappa shape index (κ2) is 8.62. The first-order chi connectivity index (χ1) is 10.8. The minimum atomic E-state index is -0.408. The van der Waals surface area contributed by atoms with Crippen LogP contribution in [0.25, 0.3) is 0 Å². The zero-order chi connectivity index (χ0) is 15.6. The van der Waals surface area contributed by atoms with Crippen LogP contribution in [0, 0.1) is 0 Å². The minimum Gasteiger partial charge on any atom is -0.482 e. The van der Waals surface area contributed by atoms with Gasteiger partial charge in [0.1, 0.15) is 18.6 Å². The summed E-state index contributed by atoms with van der Waals surface area (Å²) in [6, 6.07) is 16.8. The number of carbonyl (C=O) groups excluding carboxylic acids is 2. The molecule has 4 heteroatoms. The van der Waals surface area contributed by atoms with Crippen LogP contribution in [0.2, 0.25) is 0 Å². The number of aldehydes is 1. The Balaban J connectivity index is 1.72. The fourth-order valence-electron chi connectivity index (χ4n) is 1.90. The summed E-state index contributed by atoms with van der Waals surface area (Å²) in [5.74, 6) is 0.195. The molecular weight excluding hydrogens is 280 g/mol. The van der Waals surface area contributed by atoms with Crippen LogP contribution in [0.4, 0.5) is 0 Å². The lowest BCUT2D eigenvalue weighted by molar-refractivity contribution is -0.147. The highest BCUT2D eigenvalue weighted by Crippen LogP contribution is 2.13. The minimum absolute atomic E-state index is 0.124. The Labute approximate surface area is 129 Å². The zero-order valence-corrected chi connectivity index (χ0v) is 12.2. The molecule has 0 aliphatic carbocycles. The van der Waals surface area contributed by atoms with Gasteiger partial charge in [0.25, 0.3) is 0 Å². The molecule has 2 rings (SSSR count). The lowest BCUT2D eigenvalue weighted by Crippen LogP contribution is -2.14. The smallest absolute Gasteiger partial charge is 0.344 e. The number of aryl methyl sites for hydroxylation is 1. The van der Waals surface area contributed by atoms with E-state index in [1.54, 1.807) is 12.1 Å².